The van der Waals surface area contributed by atoms with E-state index in [-0.39, 0.29) is 30.0 Å². The Morgan fingerprint density at radius 2 is 1.60 bits per heavy atom. The molecule has 0 radical (unpaired) electrons. The number of aryl methyl sites for hydroxylation is 1. The highest BCUT2D eigenvalue weighted by atomic mass is 16.5. The average Bonchev–Trinajstić information content (AvgIpc) is 2.78. The van der Waals surface area contributed by atoms with Crippen molar-refractivity contribution >= 4 is 17.7 Å². The SMILES string of the molecule is COC(=O)CC(CCc1ccccc1)CC(=O)c1ccc(-c2cnc(N)nc2)cc1. The van der Waals surface area contributed by atoms with E-state index in [4.69, 9.17) is 10.5 Å². The van der Waals surface area contributed by atoms with Gasteiger partial charge in [0.1, 0.15) is 0 Å². The van der Waals surface area contributed by atoms with E-state index in [9.17, 15) is 9.59 Å². The predicted molar refractivity (Wildman–Crippen MR) is 116 cm³/mol. The predicted octanol–water partition coefficient (Wildman–Crippen LogP) is 4.11. The van der Waals surface area contributed by atoms with Crippen molar-refractivity contribution in [3.8, 4) is 11.1 Å². The van der Waals surface area contributed by atoms with Crippen LogP contribution in [0.1, 0.15) is 35.2 Å². The van der Waals surface area contributed by atoms with Gasteiger partial charge in [0.25, 0.3) is 0 Å². The van der Waals surface area contributed by atoms with Gasteiger partial charge in [-0.15, -0.1) is 0 Å². The maximum atomic E-state index is 12.8. The molecule has 1 unspecified atom stereocenters. The number of anilines is 1. The molecule has 0 bridgehead atoms. The molecule has 30 heavy (non-hydrogen) atoms. The first-order valence-electron chi connectivity index (χ1n) is 9.87. The Bertz CT molecular complexity index is 971. The Labute approximate surface area is 176 Å². The van der Waals surface area contributed by atoms with Crippen molar-refractivity contribution in [3.63, 3.8) is 0 Å². The number of methoxy groups -OCH3 is 1. The van der Waals surface area contributed by atoms with Crippen LogP contribution in [-0.2, 0) is 16.0 Å². The third kappa shape index (κ3) is 5.98. The highest BCUT2D eigenvalue weighted by Crippen LogP contribution is 2.23. The van der Waals surface area contributed by atoms with Gasteiger partial charge in [0, 0.05) is 36.4 Å². The number of rotatable bonds is 9. The second kappa shape index (κ2) is 10.3. The Hall–Kier alpha value is -3.54. The first kappa shape index (κ1) is 21.2. The van der Waals surface area contributed by atoms with Crippen LogP contribution in [-0.4, -0.2) is 28.8 Å². The zero-order chi connectivity index (χ0) is 21.3. The largest absolute Gasteiger partial charge is 0.469 e. The van der Waals surface area contributed by atoms with Crippen LogP contribution >= 0.6 is 0 Å². The lowest BCUT2D eigenvalue weighted by Gasteiger charge is -2.15. The maximum Gasteiger partial charge on any atom is 0.305 e. The van der Waals surface area contributed by atoms with Gasteiger partial charge < -0.3 is 10.5 Å². The normalized spacial score (nSPS) is 11.6. The fourth-order valence-electron chi connectivity index (χ4n) is 3.33. The molecule has 0 aliphatic rings. The molecule has 0 spiro atoms. The molecule has 0 aliphatic heterocycles. The van der Waals surface area contributed by atoms with Crippen molar-refractivity contribution in [3.05, 3.63) is 78.1 Å². The highest BCUT2D eigenvalue weighted by Gasteiger charge is 2.19. The zero-order valence-electron chi connectivity index (χ0n) is 17.0. The van der Waals surface area contributed by atoms with Gasteiger partial charge in [0.2, 0.25) is 5.95 Å². The van der Waals surface area contributed by atoms with E-state index < -0.39 is 0 Å². The van der Waals surface area contributed by atoms with Crippen LogP contribution in [0, 0.1) is 5.92 Å². The molecule has 6 heteroatoms. The number of carbonyl (C=O) groups is 2. The van der Waals surface area contributed by atoms with E-state index in [1.807, 2.05) is 30.3 Å². The summed E-state index contributed by atoms with van der Waals surface area (Å²) in [6, 6.07) is 17.4. The van der Waals surface area contributed by atoms with Crippen LogP contribution in [0.3, 0.4) is 0 Å². The number of Topliss-reactive ketones (excluding diaryl/α,β-unsaturated/α-hetero) is 1. The summed E-state index contributed by atoms with van der Waals surface area (Å²) in [6.07, 6.45) is 5.38. The van der Waals surface area contributed by atoms with Crippen LogP contribution in [0.15, 0.2) is 67.0 Å². The van der Waals surface area contributed by atoms with Crippen molar-refractivity contribution in [1.29, 1.82) is 0 Å². The molecule has 3 rings (SSSR count). The molecule has 1 atom stereocenters. The van der Waals surface area contributed by atoms with Crippen LogP contribution < -0.4 is 5.73 Å². The molecule has 154 valence electrons. The summed E-state index contributed by atoms with van der Waals surface area (Å²) in [6.45, 7) is 0. The summed E-state index contributed by atoms with van der Waals surface area (Å²) in [7, 11) is 1.37. The van der Waals surface area contributed by atoms with Crippen molar-refractivity contribution < 1.29 is 14.3 Å². The number of carbonyl (C=O) groups excluding carboxylic acids is 2. The zero-order valence-corrected chi connectivity index (χ0v) is 17.0. The molecule has 0 amide bonds. The molecular weight excluding hydrogens is 378 g/mol. The van der Waals surface area contributed by atoms with Gasteiger partial charge >= 0.3 is 5.97 Å². The van der Waals surface area contributed by atoms with Crippen LogP contribution in [0.25, 0.3) is 11.1 Å². The Kier molecular flexibility index (Phi) is 7.27. The number of aromatic nitrogens is 2. The fraction of sp³-hybridized carbons (Fsp3) is 0.250. The second-order valence-electron chi connectivity index (χ2n) is 7.21. The van der Waals surface area contributed by atoms with Gasteiger partial charge in [-0.3, -0.25) is 9.59 Å². The van der Waals surface area contributed by atoms with Crippen molar-refractivity contribution in [1.82, 2.24) is 9.97 Å². The van der Waals surface area contributed by atoms with E-state index >= 15 is 0 Å². The lowest BCUT2D eigenvalue weighted by Crippen LogP contribution is -2.15. The number of benzene rings is 2. The molecule has 0 fully saturated rings. The minimum atomic E-state index is -0.292. The summed E-state index contributed by atoms with van der Waals surface area (Å²) in [5.74, 6) is -0.135. The molecule has 1 heterocycles. The molecule has 1 aromatic heterocycles. The number of hydrogen-bond acceptors (Lipinski definition) is 6. The number of ketones is 1. The first-order chi connectivity index (χ1) is 14.5. The summed E-state index contributed by atoms with van der Waals surface area (Å²) in [5.41, 5.74) is 9.06. The smallest absolute Gasteiger partial charge is 0.305 e. The monoisotopic (exact) mass is 403 g/mol. The summed E-state index contributed by atoms with van der Waals surface area (Å²) in [5, 5.41) is 0. The van der Waals surface area contributed by atoms with Crippen molar-refractivity contribution in [2.24, 2.45) is 5.92 Å². The van der Waals surface area contributed by atoms with Crippen LogP contribution in [0.5, 0.6) is 0 Å². The van der Waals surface area contributed by atoms with Crippen molar-refractivity contribution in [2.45, 2.75) is 25.7 Å². The summed E-state index contributed by atoms with van der Waals surface area (Å²) in [4.78, 5) is 32.6. The molecule has 0 saturated carbocycles. The number of nitrogen functional groups attached to an aromatic ring is 1. The van der Waals surface area contributed by atoms with Gasteiger partial charge in [0.05, 0.1) is 7.11 Å². The van der Waals surface area contributed by atoms with Crippen LogP contribution in [0.4, 0.5) is 5.95 Å². The van der Waals surface area contributed by atoms with Gasteiger partial charge in [-0.05, 0) is 29.9 Å². The number of nitrogens with two attached hydrogens (primary N) is 1. The van der Waals surface area contributed by atoms with E-state index in [0.717, 1.165) is 24.0 Å². The standard InChI is InChI=1S/C24H25N3O3/c1-30-23(29)14-18(8-7-17-5-3-2-4-6-17)13-22(28)20-11-9-19(10-12-20)21-15-26-24(25)27-16-21/h2-6,9-12,15-16,18H,7-8,13-14H2,1H3,(H2,25,26,27). The lowest BCUT2D eigenvalue weighted by molar-refractivity contribution is -0.141. The summed E-state index contributed by atoms with van der Waals surface area (Å²) < 4.78 is 4.82. The van der Waals surface area contributed by atoms with Gasteiger partial charge in [-0.1, -0.05) is 54.6 Å². The number of hydrogen-bond donors (Lipinski definition) is 1. The van der Waals surface area contributed by atoms with E-state index in [1.165, 1.54) is 12.7 Å². The van der Waals surface area contributed by atoms with Crippen molar-refractivity contribution in [2.75, 3.05) is 12.8 Å². The topological polar surface area (TPSA) is 95.2 Å². The minimum Gasteiger partial charge on any atom is -0.469 e. The first-order valence-corrected chi connectivity index (χ1v) is 9.87. The van der Waals surface area contributed by atoms with Gasteiger partial charge in [-0.2, -0.15) is 0 Å². The van der Waals surface area contributed by atoms with Crippen LogP contribution in [0.2, 0.25) is 0 Å². The summed E-state index contributed by atoms with van der Waals surface area (Å²) >= 11 is 0. The van der Waals surface area contributed by atoms with E-state index in [0.29, 0.717) is 12.0 Å². The molecule has 2 aromatic carbocycles. The highest BCUT2D eigenvalue weighted by molar-refractivity contribution is 5.96. The molecule has 0 aliphatic carbocycles. The third-order valence-corrected chi connectivity index (χ3v) is 5.05. The fourth-order valence-corrected chi connectivity index (χ4v) is 3.33. The minimum absolute atomic E-state index is 0.0112. The maximum absolute atomic E-state index is 12.8. The molecular formula is C24H25N3O3. The van der Waals surface area contributed by atoms with Gasteiger partial charge in [-0.25, -0.2) is 9.97 Å². The molecule has 3 aromatic rings. The number of nitrogens with zero attached hydrogens (tertiary/aromatic N) is 2. The second-order valence-corrected chi connectivity index (χ2v) is 7.21. The van der Waals surface area contributed by atoms with E-state index in [2.05, 4.69) is 22.1 Å². The third-order valence-electron chi connectivity index (χ3n) is 5.05. The quantitative estimate of drug-likeness (QED) is 0.427. The number of ether oxygens (including phenoxy) is 1. The Morgan fingerprint density at radius 1 is 0.933 bits per heavy atom. The lowest BCUT2D eigenvalue weighted by atomic mass is 9.89. The number of esters is 1. The average molecular weight is 403 g/mol. The molecule has 2 N–H and O–H groups in total. The molecule has 6 nitrogen and oxygen atoms in total. The molecule has 0 saturated heterocycles. The Morgan fingerprint density at radius 3 is 2.23 bits per heavy atom. The Balaban J connectivity index is 1.66. The van der Waals surface area contributed by atoms with E-state index in [1.54, 1.807) is 24.5 Å². The van der Waals surface area contributed by atoms with Gasteiger partial charge in [0.15, 0.2) is 5.78 Å².